The number of thiophene rings is 1. The standard InChI is InChI=1S/C12H11BrN2O2S/c13-8-1-3-9(4-2-8)17-7-10-5-6-11(18-10)12(16)15-14/h1-6H,7,14H2,(H,15,16). The van der Waals surface area contributed by atoms with Gasteiger partial charge in [-0.2, -0.15) is 0 Å². The Morgan fingerprint density at radius 1 is 1.28 bits per heavy atom. The highest BCUT2D eigenvalue weighted by atomic mass is 79.9. The monoisotopic (exact) mass is 326 g/mol. The Hall–Kier alpha value is -1.37. The summed E-state index contributed by atoms with van der Waals surface area (Å²) in [5.74, 6) is 5.57. The first-order chi connectivity index (χ1) is 8.69. The third kappa shape index (κ3) is 3.32. The lowest BCUT2D eigenvalue weighted by Gasteiger charge is -2.04. The molecule has 0 unspecified atom stereocenters. The van der Waals surface area contributed by atoms with Crippen LogP contribution in [0.3, 0.4) is 0 Å². The van der Waals surface area contributed by atoms with Crippen molar-refractivity contribution in [3.8, 4) is 5.75 Å². The number of benzene rings is 1. The van der Waals surface area contributed by atoms with E-state index in [0.29, 0.717) is 11.5 Å². The molecule has 0 saturated heterocycles. The topological polar surface area (TPSA) is 64.3 Å². The average molecular weight is 327 g/mol. The van der Waals surface area contributed by atoms with Gasteiger partial charge >= 0.3 is 0 Å². The predicted octanol–water partition coefficient (Wildman–Crippen LogP) is 2.69. The summed E-state index contributed by atoms with van der Waals surface area (Å²) in [5, 5.41) is 0. The SMILES string of the molecule is NNC(=O)c1ccc(COc2ccc(Br)cc2)s1. The maximum absolute atomic E-state index is 11.3. The van der Waals surface area contributed by atoms with Crippen LogP contribution in [0.2, 0.25) is 0 Å². The molecule has 4 nitrogen and oxygen atoms in total. The van der Waals surface area contributed by atoms with Crippen LogP contribution < -0.4 is 16.0 Å². The third-order valence-corrected chi connectivity index (χ3v) is 3.80. The lowest BCUT2D eigenvalue weighted by atomic mass is 10.3. The second-order valence-electron chi connectivity index (χ2n) is 3.48. The van der Waals surface area contributed by atoms with Crippen LogP contribution in [0.15, 0.2) is 40.9 Å². The molecule has 0 bridgehead atoms. The Bertz CT molecular complexity index is 539. The fourth-order valence-corrected chi connectivity index (χ4v) is 2.42. The van der Waals surface area contributed by atoms with E-state index in [9.17, 15) is 4.79 Å². The molecule has 0 aliphatic rings. The van der Waals surface area contributed by atoms with Crippen LogP contribution in [0.25, 0.3) is 0 Å². The smallest absolute Gasteiger partial charge is 0.275 e. The number of rotatable bonds is 4. The maximum atomic E-state index is 11.3. The predicted molar refractivity (Wildman–Crippen MR) is 74.4 cm³/mol. The molecule has 0 aliphatic heterocycles. The van der Waals surface area contributed by atoms with E-state index in [1.165, 1.54) is 11.3 Å². The van der Waals surface area contributed by atoms with Crippen LogP contribution in [-0.2, 0) is 6.61 Å². The Morgan fingerprint density at radius 2 is 2.00 bits per heavy atom. The fourth-order valence-electron chi connectivity index (χ4n) is 1.33. The first-order valence-electron chi connectivity index (χ1n) is 5.17. The van der Waals surface area contributed by atoms with Gasteiger partial charge in [0.2, 0.25) is 0 Å². The number of nitrogens with one attached hydrogen (secondary N) is 1. The van der Waals surface area contributed by atoms with E-state index < -0.39 is 0 Å². The number of nitrogen functional groups attached to an aromatic ring is 1. The summed E-state index contributed by atoms with van der Waals surface area (Å²) < 4.78 is 6.61. The molecule has 0 spiro atoms. The molecule has 3 N–H and O–H groups in total. The molecule has 1 amide bonds. The lowest BCUT2D eigenvalue weighted by Crippen LogP contribution is -2.29. The molecule has 18 heavy (non-hydrogen) atoms. The van der Waals surface area contributed by atoms with Crippen LogP contribution in [0.5, 0.6) is 5.75 Å². The van der Waals surface area contributed by atoms with Crippen LogP contribution in [-0.4, -0.2) is 5.91 Å². The van der Waals surface area contributed by atoms with Crippen molar-refractivity contribution in [1.82, 2.24) is 5.43 Å². The van der Waals surface area contributed by atoms with Crippen LogP contribution >= 0.6 is 27.3 Å². The first-order valence-corrected chi connectivity index (χ1v) is 6.78. The van der Waals surface area contributed by atoms with Gasteiger partial charge in [0.15, 0.2) is 0 Å². The zero-order valence-electron chi connectivity index (χ0n) is 9.35. The number of amides is 1. The van der Waals surface area contributed by atoms with Crippen molar-refractivity contribution in [2.24, 2.45) is 5.84 Å². The number of hydrazine groups is 1. The largest absolute Gasteiger partial charge is 0.488 e. The molecular formula is C12H11BrN2O2S. The van der Waals surface area contributed by atoms with Gasteiger partial charge in [0.05, 0.1) is 4.88 Å². The van der Waals surface area contributed by atoms with Gasteiger partial charge < -0.3 is 4.74 Å². The normalized spacial score (nSPS) is 10.1. The molecule has 1 heterocycles. The average Bonchev–Trinajstić information content (AvgIpc) is 2.86. The van der Waals surface area contributed by atoms with Crippen LogP contribution in [0, 0.1) is 0 Å². The Kier molecular flexibility index (Phi) is 4.35. The minimum absolute atomic E-state index is 0.283. The van der Waals surface area contributed by atoms with E-state index in [0.717, 1.165) is 15.1 Å². The summed E-state index contributed by atoms with van der Waals surface area (Å²) >= 11 is 4.72. The molecule has 0 aliphatic carbocycles. The molecule has 2 rings (SSSR count). The van der Waals surface area contributed by atoms with Crippen LogP contribution in [0.1, 0.15) is 14.5 Å². The van der Waals surface area contributed by atoms with Crippen molar-refractivity contribution in [3.63, 3.8) is 0 Å². The third-order valence-electron chi connectivity index (χ3n) is 2.21. The van der Waals surface area contributed by atoms with E-state index in [1.807, 2.05) is 30.3 Å². The van der Waals surface area contributed by atoms with Crippen LogP contribution in [0.4, 0.5) is 0 Å². The van der Waals surface area contributed by atoms with Gasteiger partial charge in [-0.15, -0.1) is 11.3 Å². The summed E-state index contributed by atoms with van der Waals surface area (Å²) in [6, 6.07) is 11.2. The zero-order chi connectivity index (χ0) is 13.0. The van der Waals surface area contributed by atoms with E-state index in [4.69, 9.17) is 10.6 Å². The molecule has 1 aromatic heterocycles. The summed E-state index contributed by atoms with van der Waals surface area (Å²) in [4.78, 5) is 12.8. The van der Waals surface area contributed by atoms with Crippen molar-refractivity contribution >= 4 is 33.2 Å². The van der Waals surface area contributed by atoms with Crippen molar-refractivity contribution in [1.29, 1.82) is 0 Å². The molecule has 0 atom stereocenters. The Labute approximate surface area is 117 Å². The van der Waals surface area contributed by atoms with Crippen molar-refractivity contribution in [2.45, 2.75) is 6.61 Å². The van der Waals surface area contributed by atoms with Gasteiger partial charge in [0.1, 0.15) is 12.4 Å². The second kappa shape index (κ2) is 5.99. The number of carbonyl (C=O) groups is 1. The maximum Gasteiger partial charge on any atom is 0.275 e. The highest BCUT2D eigenvalue weighted by molar-refractivity contribution is 9.10. The number of halogens is 1. The number of hydrogen-bond acceptors (Lipinski definition) is 4. The minimum Gasteiger partial charge on any atom is -0.488 e. The summed E-state index contributed by atoms with van der Waals surface area (Å²) in [6.07, 6.45) is 0. The highest BCUT2D eigenvalue weighted by Gasteiger charge is 2.07. The summed E-state index contributed by atoms with van der Waals surface area (Å²) in [5.41, 5.74) is 2.10. The van der Waals surface area contributed by atoms with Crippen molar-refractivity contribution in [3.05, 3.63) is 50.6 Å². The van der Waals surface area contributed by atoms with Crippen molar-refractivity contribution in [2.75, 3.05) is 0 Å². The molecule has 94 valence electrons. The van der Waals surface area contributed by atoms with E-state index in [2.05, 4.69) is 21.4 Å². The zero-order valence-corrected chi connectivity index (χ0v) is 11.8. The molecule has 6 heteroatoms. The number of carbonyl (C=O) groups excluding carboxylic acids is 1. The second-order valence-corrected chi connectivity index (χ2v) is 5.57. The Balaban J connectivity index is 1.96. The minimum atomic E-state index is -0.283. The van der Waals surface area contributed by atoms with E-state index in [-0.39, 0.29) is 5.91 Å². The van der Waals surface area contributed by atoms with Gasteiger partial charge in [0.25, 0.3) is 5.91 Å². The fraction of sp³-hybridized carbons (Fsp3) is 0.0833. The first kappa shape index (κ1) is 13.1. The summed E-state index contributed by atoms with van der Waals surface area (Å²) in [6.45, 7) is 0.435. The van der Waals surface area contributed by atoms with Gasteiger partial charge in [-0.05, 0) is 36.4 Å². The molecular weight excluding hydrogens is 316 g/mol. The number of hydrogen-bond donors (Lipinski definition) is 2. The van der Waals surface area contributed by atoms with Gasteiger partial charge in [0, 0.05) is 9.35 Å². The number of nitrogens with two attached hydrogens (primary N) is 1. The van der Waals surface area contributed by atoms with Gasteiger partial charge in [-0.25, -0.2) is 5.84 Å². The van der Waals surface area contributed by atoms with E-state index in [1.54, 1.807) is 6.07 Å². The quantitative estimate of drug-likeness (QED) is 0.516. The molecule has 0 saturated carbocycles. The molecule has 1 aromatic carbocycles. The van der Waals surface area contributed by atoms with Crippen molar-refractivity contribution < 1.29 is 9.53 Å². The lowest BCUT2D eigenvalue weighted by molar-refractivity contribution is 0.0957. The summed E-state index contributed by atoms with van der Waals surface area (Å²) in [7, 11) is 0. The van der Waals surface area contributed by atoms with Gasteiger partial charge in [-0.3, -0.25) is 10.2 Å². The molecule has 0 fully saturated rings. The van der Waals surface area contributed by atoms with Gasteiger partial charge in [-0.1, -0.05) is 15.9 Å². The Morgan fingerprint density at radius 3 is 2.67 bits per heavy atom. The molecule has 2 aromatic rings. The highest BCUT2D eigenvalue weighted by Crippen LogP contribution is 2.20. The molecule has 0 radical (unpaired) electrons. The van der Waals surface area contributed by atoms with E-state index >= 15 is 0 Å². The number of ether oxygens (including phenoxy) is 1.